The highest BCUT2D eigenvalue weighted by Crippen LogP contribution is 2.09. The average Bonchev–Trinajstić information content (AvgIpc) is 2.34. The molecule has 0 unspecified atom stereocenters. The van der Waals surface area contributed by atoms with Crippen molar-refractivity contribution in [3.63, 3.8) is 0 Å². The predicted octanol–water partition coefficient (Wildman–Crippen LogP) is 0.598. The van der Waals surface area contributed by atoms with Crippen LogP contribution in [0.4, 0.5) is 5.82 Å². The van der Waals surface area contributed by atoms with E-state index in [2.05, 4.69) is 20.4 Å². The zero-order chi connectivity index (χ0) is 7.84. The molecule has 2 aromatic heterocycles. The predicted molar refractivity (Wildman–Crippen MR) is 43.5 cm³/mol. The molecule has 0 bridgehead atoms. The van der Waals surface area contributed by atoms with Crippen LogP contribution >= 0.6 is 12.2 Å². The molecule has 0 aliphatic rings. The van der Waals surface area contributed by atoms with Gasteiger partial charge in [0.2, 0.25) is 0 Å². The van der Waals surface area contributed by atoms with Crippen LogP contribution in [0, 0.1) is 4.51 Å². The van der Waals surface area contributed by atoms with Crippen LogP contribution in [-0.2, 0) is 0 Å². The highest BCUT2D eigenvalue weighted by Gasteiger charge is 1.99. The lowest BCUT2D eigenvalue weighted by Gasteiger charge is -1.90. The quantitative estimate of drug-likeness (QED) is 0.501. The Kier molecular flexibility index (Phi) is 1.16. The van der Waals surface area contributed by atoms with Crippen LogP contribution in [-0.4, -0.2) is 20.4 Å². The number of aromatic amines is 2. The van der Waals surface area contributed by atoms with Crippen LogP contribution in [0.3, 0.4) is 0 Å². The van der Waals surface area contributed by atoms with Gasteiger partial charge in [-0.2, -0.15) is 10.3 Å². The van der Waals surface area contributed by atoms with E-state index >= 15 is 0 Å². The topological polar surface area (TPSA) is 83.4 Å². The number of nitrogens with one attached hydrogen (secondary N) is 2. The van der Waals surface area contributed by atoms with Crippen molar-refractivity contribution in [1.29, 1.82) is 0 Å². The van der Waals surface area contributed by atoms with E-state index in [0.717, 1.165) is 0 Å². The van der Waals surface area contributed by atoms with Crippen molar-refractivity contribution in [1.82, 2.24) is 20.4 Å². The summed E-state index contributed by atoms with van der Waals surface area (Å²) in [4.78, 5) is 2.82. The Balaban J connectivity index is 3.02. The first-order valence-electron chi connectivity index (χ1n) is 2.96. The van der Waals surface area contributed by atoms with E-state index in [1.54, 1.807) is 6.07 Å². The third-order valence-electron chi connectivity index (χ3n) is 1.33. The normalized spacial score (nSPS) is 10.5. The van der Waals surface area contributed by atoms with Gasteiger partial charge in [0.25, 0.3) is 0 Å². The van der Waals surface area contributed by atoms with Crippen LogP contribution in [0.15, 0.2) is 6.07 Å². The van der Waals surface area contributed by atoms with Crippen molar-refractivity contribution >= 4 is 29.2 Å². The van der Waals surface area contributed by atoms with Gasteiger partial charge in [-0.15, -0.1) is 5.10 Å². The van der Waals surface area contributed by atoms with Crippen molar-refractivity contribution in [2.24, 2.45) is 0 Å². The largest absolute Gasteiger partial charge is 0.385 e. The molecule has 0 spiro atoms. The van der Waals surface area contributed by atoms with E-state index in [1.807, 2.05) is 0 Å². The van der Waals surface area contributed by atoms with Gasteiger partial charge in [0.05, 0.1) is 4.51 Å². The third kappa shape index (κ3) is 0.874. The molecule has 6 heteroatoms. The molecule has 0 atom stereocenters. The zero-order valence-electron chi connectivity index (χ0n) is 5.46. The molecule has 0 fully saturated rings. The van der Waals surface area contributed by atoms with Gasteiger partial charge < -0.3 is 10.7 Å². The third-order valence-corrected chi connectivity index (χ3v) is 1.64. The van der Waals surface area contributed by atoms with Gasteiger partial charge in [0.15, 0.2) is 5.65 Å². The number of nitrogen functional groups attached to an aromatic ring is 1. The number of fused-ring (bicyclic) bond motifs is 1. The van der Waals surface area contributed by atoms with Gasteiger partial charge in [0, 0.05) is 0 Å². The maximum absolute atomic E-state index is 5.48. The summed E-state index contributed by atoms with van der Waals surface area (Å²) in [5.74, 6) is 0.497. The van der Waals surface area contributed by atoms with Gasteiger partial charge in [0.1, 0.15) is 11.3 Å². The maximum atomic E-state index is 5.48. The number of anilines is 1. The maximum Gasteiger partial charge on any atom is 0.182 e. The zero-order valence-corrected chi connectivity index (χ0v) is 6.27. The first-order chi connectivity index (χ1) is 5.27. The number of nitrogens with zero attached hydrogens (tertiary/aromatic N) is 2. The van der Waals surface area contributed by atoms with Crippen LogP contribution < -0.4 is 5.73 Å². The Hall–Kier alpha value is -1.43. The molecule has 0 aliphatic heterocycles. The minimum absolute atomic E-state index is 0.497. The van der Waals surface area contributed by atoms with Crippen LogP contribution in [0.1, 0.15) is 0 Å². The van der Waals surface area contributed by atoms with Crippen LogP contribution in [0.2, 0.25) is 0 Å². The first-order valence-corrected chi connectivity index (χ1v) is 3.37. The molecule has 11 heavy (non-hydrogen) atoms. The Bertz CT molecular complexity index is 441. The second kappa shape index (κ2) is 2.03. The minimum Gasteiger partial charge on any atom is -0.385 e. The number of H-pyrrole nitrogens is 2. The fourth-order valence-electron chi connectivity index (χ4n) is 0.872. The second-order valence-corrected chi connectivity index (χ2v) is 2.55. The van der Waals surface area contributed by atoms with E-state index in [0.29, 0.717) is 21.5 Å². The van der Waals surface area contributed by atoms with E-state index in [-0.39, 0.29) is 0 Å². The smallest absolute Gasteiger partial charge is 0.182 e. The number of rotatable bonds is 0. The summed E-state index contributed by atoms with van der Waals surface area (Å²) in [5.41, 5.74) is 6.72. The summed E-state index contributed by atoms with van der Waals surface area (Å²) in [6, 6.07) is 1.64. The summed E-state index contributed by atoms with van der Waals surface area (Å²) >= 11 is 4.97. The average molecular weight is 167 g/mol. The summed E-state index contributed by atoms with van der Waals surface area (Å²) in [6.45, 7) is 0. The SMILES string of the molecule is Nc1cc(=S)c2n[nH]nc2[nH]1. The molecule has 0 saturated carbocycles. The number of pyridine rings is 1. The van der Waals surface area contributed by atoms with Gasteiger partial charge >= 0.3 is 0 Å². The van der Waals surface area contributed by atoms with Crippen molar-refractivity contribution in [2.45, 2.75) is 0 Å². The lowest BCUT2D eigenvalue weighted by atomic mass is 10.4. The fraction of sp³-hybridized carbons (Fsp3) is 0. The Morgan fingerprint density at radius 2 is 2.27 bits per heavy atom. The molecule has 5 nitrogen and oxygen atoms in total. The molecule has 0 saturated heterocycles. The highest BCUT2D eigenvalue weighted by molar-refractivity contribution is 7.71. The molecule has 4 N–H and O–H groups in total. The molecule has 0 radical (unpaired) electrons. The van der Waals surface area contributed by atoms with E-state index in [9.17, 15) is 0 Å². The van der Waals surface area contributed by atoms with E-state index in [4.69, 9.17) is 18.0 Å². The molecule has 2 heterocycles. The molecule has 0 amide bonds. The number of aromatic nitrogens is 4. The molecule has 2 aromatic rings. The highest BCUT2D eigenvalue weighted by atomic mass is 32.1. The second-order valence-electron chi connectivity index (χ2n) is 2.11. The number of nitrogens with two attached hydrogens (primary N) is 1. The van der Waals surface area contributed by atoms with Gasteiger partial charge in [-0.05, 0) is 6.07 Å². The summed E-state index contributed by atoms with van der Waals surface area (Å²) < 4.78 is 0.602. The van der Waals surface area contributed by atoms with Crippen molar-refractivity contribution in [2.75, 3.05) is 5.73 Å². The summed E-state index contributed by atoms with van der Waals surface area (Å²) in [7, 11) is 0. The lowest BCUT2D eigenvalue weighted by Crippen LogP contribution is -1.89. The van der Waals surface area contributed by atoms with Crippen molar-refractivity contribution in [3.05, 3.63) is 10.6 Å². The standard InChI is InChI=1S/C5H5N5S/c6-3-1-2(11)4-5(7-3)9-10-8-4/h1H,(H4,6,7,8,9,10,11). The lowest BCUT2D eigenvalue weighted by molar-refractivity contribution is 0.954. The minimum atomic E-state index is 0.497. The molecule has 0 aromatic carbocycles. The van der Waals surface area contributed by atoms with E-state index < -0.39 is 0 Å². The van der Waals surface area contributed by atoms with Crippen molar-refractivity contribution < 1.29 is 0 Å². The van der Waals surface area contributed by atoms with Gasteiger partial charge in [-0.1, -0.05) is 12.2 Å². The fourth-order valence-corrected chi connectivity index (χ4v) is 1.14. The Labute approximate surface area is 66.6 Å². The Morgan fingerprint density at radius 1 is 1.45 bits per heavy atom. The van der Waals surface area contributed by atoms with E-state index in [1.165, 1.54) is 0 Å². The summed E-state index contributed by atoms with van der Waals surface area (Å²) in [6.07, 6.45) is 0. The van der Waals surface area contributed by atoms with Gasteiger partial charge in [-0.3, -0.25) is 0 Å². The Morgan fingerprint density at radius 3 is 3.09 bits per heavy atom. The summed E-state index contributed by atoms with van der Waals surface area (Å²) in [5, 5.41) is 10.1. The molecule has 0 aliphatic carbocycles. The van der Waals surface area contributed by atoms with Gasteiger partial charge in [-0.25, -0.2) is 0 Å². The molecular weight excluding hydrogens is 162 g/mol. The molecule has 2 rings (SSSR count). The number of hydrogen-bond donors (Lipinski definition) is 3. The molecular formula is C5H5N5S. The molecule has 56 valence electrons. The monoisotopic (exact) mass is 167 g/mol. The first kappa shape index (κ1) is 6.29. The van der Waals surface area contributed by atoms with Crippen LogP contribution in [0.5, 0.6) is 0 Å². The van der Waals surface area contributed by atoms with Crippen LogP contribution in [0.25, 0.3) is 11.2 Å². The number of hydrogen-bond acceptors (Lipinski definition) is 4. The van der Waals surface area contributed by atoms with Crippen molar-refractivity contribution in [3.8, 4) is 0 Å².